The number of halogens is 1. The number of ether oxygens (including phenoxy) is 1. The highest BCUT2D eigenvalue weighted by Crippen LogP contribution is 2.31. The van der Waals surface area contributed by atoms with Gasteiger partial charge in [0.15, 0.2) is 0 Å². The van der Waals surface area contributed by atoms with Crippen molar-refractivity contribution in [3.63, 3.8) is 0 Å². The van der Waals surface area contributed by atoms with Gasteiger partial charge >= 0.3 is 0 Å². The summed E-state index contributed by atoms with van der Waals surface area (Å²) >= 11 is 3.50. The van der Waals surface area contributed by atoms with E-state index in [0.717, 1.165) is 47.5 Å². The van der Waals surface area contributed by atoms with E-state index in [1.165, 1.54) is 16.7 Å². The maximum Gasteiger partial charge on any atom is 0.253 e. The monoisotopic (exact) mass is 444 g/mol. The molecule has 0 bridgehead atoms. The summed E-state index contributed by atoms with van der Waals surface area (Å²) in [6.45, 7) is 11.8. The predicted molar refractivity (Wildman–Crippen MR) is 117 cm³/mol. The average Bonchev–Trinajstić information content (AvgIpc) is 2.71. The molecular weight excluding hydrogens is 416 g/mol. The zero-order valence-corrected chi connectivity index (χ0v) is 19.0. The number of benzene rings is 2. The topological polar surface area (TPSA) is 32.8 Å². The van der Waals surface area contributed by atoms with Crippen LogP contribution < -0.4 is 4.74 Å². The molecule has 1 heterocycles. The van der Waals surface area contributed by atoms with E-state index in [9.17, 15) is 4.79 Å². The van der Waals surface area contributed by atoms with Crippen LogP contribution in [0.3, 0.4) is 0 Å². The zero-order valence-electron chi connectivity index (χ0n) is 17.4. The number of aryl methyl sites for hydroxylation is 1. The van der Waals surface area contributed by atoms with Crippen molar-refractivity contribution in [2.45, 2.75) is 33.7 Å². The molecular formula is C23H29BrN2O2. The summed E-state index contributed by atoms with van der Waals surface area (Å²) in [5.41, 5.74) is 5.68. The van der Waals surface area contributed by atoms with Gasteiger partial charge in [0.2, 0.25) is 0 Å². The average molecular weight is 445 g/mol. The quantitative estimate of drug-likeness (QED) is 0.671. The van der Waals surface area contributed by atoms with E-state index in [0.29, 0.717) is 6.04 Å². The first kappa shape index (κ1) is 20.9. The van der Waals surface area contributed by atoms with E-state index in [2.05, 4.69) is 53.7 Å². The van der Waals surface area contributed by atoms with Crippen molar-refractivity contribution >= 4 is 21.8 Å². The van der Waals surface area contributed by atoms with Gasteiger partial charge in [0.1, 0.15) is 5.75 Å². The van der Waals surface area contributed by atoms with E-state index in [-0.39, 0.29) is 5.91 Å². The molecule has 1 aliphatic rings. The Labute approximate surface area is 176 Å². The van der Waals surface area contributed by atoms with E-state index in [4.69, 9.17) is 4.74 Å². The summed E-state index contributed by atoms with van der Waals surface area (Å²) in [6, 6.07) is 10.4. The molecule has 0 radical (unpaired) electrons. The van der Waals surface area contributed by atoms with Crippen LogP contribution in [-0.2, 0) is 0 Å². The number of hydrogen-bond donors (Lipinski definition) is 0. The number of rotatable bonds is 4. The highest BCUT2D eigenvalue weighted by atomic mass is 79.9. The Balaban J connectivity index is 1.67. The fourth-order valence-electron chi connectivity index (χ4n) is 3.96. The molecule has 1 fully saturated rings. The van der Waals surface area contributed by atoms with E-state index < -0.39 is 0 Å². The lowest BCUT2D eigenvalue weighted by Crippen LogP contribution is -2.49. The number of carbonyl (C=O) groups is 1. The summed E-state index contributed by atoms with van der Waals surface area (Å²) in [5.74, 6) is 1.06. The van der Waals surface area contributed by atoms with Gasteiger partial charge in [0.25, 0.3) is 5.91 Å². The molecule has 0 spiro atoms. The third-order valence-electron chi connectivity index (χ3n) is 6.00. The molecule has 150 valence electrons. The molecule has 2 aromatic rings. The number of nitrogens with zero attached hydrogens (tertiary/aromatic N) is 2. The number of carbonyl (C=O) groups excluding carboxylic acids is 1. The van der Waals surface area contributed by atoms with Gasteiger partial charge in [0, 0.05) is 42.3 Å². The first-order chi connectivity index (χ1) is 13.3. The lowest BCUT2D eigenvalue weighted by atomic mass is 9.96. The summed E-state index contributed by atoms with van der Waals surface area (Å²) < 4.78 is 6.48. The molecule has 1 aliphatic heterocycles. The fraction of sp³-hybridized carbons (Fsp3) is 0.435. The second-order valence-electron chi connectivity index (χ2n) is 7.58. The molecule has 1 saturated heterocycles. The highest BCUT2D eigenvalue weighted by molar-refractivity contribution is 9.10. The van der Waals surface area contributed by atoms with Crippen LogP contribution in [0, 0.1) is 20.8 Å². The largest absolute Gasteiger partial charge is 0.496 e. The SMILES string of the molecule is COc1ccc(C(C)N2CCN(C(=O)c3ccc(Br)c(C)c3)CC2)c(C)c1C. The van der Waals surface area contributed by atoms with Crippen molar-refractivity contribution in [2.75, 3.05) is 33.3 Å². The van der Waals surface area contributed by atoms with Crippen LogP contribution in [0.5, 0.6) is 5.75 Å². The molecule has 0 aromatic heterocycles. The molecule has 1 unspecified atom stereocenters. The third-order valence-corrected chi connectivity index (χ3v) is 6.89. The second kappa shape index (κ2) is 8.66. The molecule has 2 aromatic carbocycles. The Kier molecular flexibility index (Phi) is 6.46. The molecule has 0 N–H and O–H groups in total. The van der Waals surface area contributed by atoms with Crippen molar-refractivity contribution in [3.8, 4) is 5.75 Å². The molecule has 0 aliphatic carbocycles. The van der Waals surface area contributed by atoms with Crippen molar-refractivity contribution in [3.05, 3.63) is 62.6 Å². The lowest BCUT2D eigenvalue weighted by Gasteiger charge is -2.39. The zero-order chi connectivity index (χ0) is 20.4. The van der Waals surface area contributed by atoms with E-state index in [1.54, 1.807) is 7.11 Å². The van der Waals surface area contributed by atoms with Crippen LogP contribution in [-0.4, -0.2) is 49.0 Å². The highest BCUT2D eigenvalue weighted by Gasteiger charge is 2.26. The fourth-order valence-corrected chi connectivity index (χ4v) is 4.21. The summed E-state index contributed by atoms with van der Waals surface area (Å²) in [4.78, 5) is 17.3. The second-order valence-corrected chi connectivity index (χ2v) is 8.43. The Morgan fingerprint density at radius 3 is 2.32 bits per heavy atom. The molecule has 1 amide bonds. The van der Waals surface area contributed by atoms with Crippen LogP contribution in [0.4, 0.5) is 0 Å². The number of hydrogen-bond acceptors (Lipinski definition) is 3. The molecule has 0 saturated carbocycles. The third kappa shape index (κ3) is 4.11. The van der Waals surface area contributed by atoms with Crippen LogP contribution in [0.15, 0.2) is 34.8 Å². The summed E-state index contributed by atoms with van der Waals surface area (Å²) in [6.07, 6.45) is 0. The molecule has 4 nitrogen and oxygen atoms in total. The van der Waals surface area contributed by atoms with Crippen molar-refractivity contribution < 1.29 is 9.53 Å². The van der Waals surface area contributed by atoms with Gasteiger partial charge in [-0.25, -0.2) is 0 Å². The van der Waals surface area contributed by atoms with Gasteiger partial charge in [-0.1, -0.05) is 22.0 Å². The van der Waals surface area contributed by atoms with Gasteiger partial charge in [-0.2, -0.15) is 0 Å². The standard InChI is InChI=1S/C23H29BrN2O2/c1-15-14-19(6-8-21(15)24)23(27)26-12-10-25(11-13-26)18(4)20-7-9-22(28-5)17(3)16(20)2/h6-9,14,18H,10-13H2,1-5H3. The Morgan fingerprint density at radius 2 is 1.71 bits per heavy atom. The number of methoxy groups -OCH3 is 1. The van der Waals surface area contributed by atoms with E-state index >= 15 is 0 Å². The number of amides is 1. The number of piperazine rings is 1. The molecule has 5 heteroatoms. The van der Waals surface area contributed by atoms with Crippen LogP contribution >= 0.6 is 15.9 Å². The van der Waals surface area contributed by atoms with Crippen LogP contribution in [0.2, 0.25) is 0 Å². The van der Waals surface area contributed by atoms with Crippen molar-refractivity contribution in [1.82, 2.24) is 9.80 Å². The van der Waals surface area contributed by atoms with Gasteiger partial charge in [-0.3, -0.25) is 9.69 Å². The summed E-state index contributed by atoms with van der Waals surface area (Å²) in [5, 5.41) is 0. The minimum absolute atomic E-state index is 0.124. The first-order valence-electron chi connectivity index (χ1n) is 9.77. The van der Waals surface area contributed by atoms with Crippen molar-refractivity contribution in [1.29, 1.82) is 0 Å². The first-order valence-corrected chi connectivity index (χ1v) is 10.6. The lowest BCUT2D eigenvalue weighted by molar-refractivity contribution is 0.0581. The smallest absolute Gasteiger partial charge is 0.253 e. The van der Waals surface area contributed by atoms with E-state index in [1.807, 2.05) is 30.0 Å². The maximum atomic E-state index is 12.9. The Morgan fingerprint density at radius 1 is 1.04 bits per heavy atom. The van der Waals surface area contributed by atoms with Crippen LogP contribution in [0.1, 0.15) is 45.6 Å². The molecule has 28 heavy (non-hydrogen) atoms. The Hall–Kier alpha value is -1.85. The van der Waals surface area contributed by atoms with Crippen LogP contribution in [0.25, 0.3) is 0 Å². The summed E-state index contributed by atoms with van der Waals surface area (Å²) in [7, 11) is 1.72. The van der Waals surface area contributed by atoms with Gasteiger partial charge in [0.05, 0.1) is 7.11 Å². The predicted octanol–water partition coefficient (Wildman–Crippen LogP) is 4.90. The van der Waals surface area contributed by atoms with Gasteiger partial charge < -0.3 is 9.64 Å². The normalized spacial score (nSPS) is 16.1. The molecule has 3 rings (SSSR count). The molecule has 1 atom stereocenters. The maximum absolute atomic E-state index is 12.9. The minimum Gasteiger partial charge on any atom is -0.496 e. The minimum atomic E-state index is 0.124. The van der Waals surface area contributed by atoms with Gasteiger partial charge in [-0.05, 0) is 74.2 Å². The Bertz CT molecular complexity index is 873. The van der Waals surface area contributed by atoms with Gasteiger partial charge in [-0.15, -0.1) is 0 Å². The van der Waals surface area contributed by atoms with Crippen molar-refractivity contribution in [2.24, 2.45) is 0 Å².